The van der Waals surface area contributed by atoms with Crippen LogP contribution in [0.5, 0.6) is 0 Å². The van der Waals surface area contributed by atoms with Crippen LogP contribution >= 0.6 is 0 Å². The van der Waals surface area contributed by atoms with E-state index >= 15 is 0 Å². The molecule has 0 saturated carbocycles. The van der Waals surface area contributed by atoms with Crippen LogP contribution in [-0.4, -0.2) is 67.2 Å². The van der Waals surface area contributed by atoms with Gasteiger partial charge in [0.15, 0.2) is 5.69 Å². The van der Waals surface area contributed by atoms with Crippen LogP contribution in [0.25, 0.3) is 16.9 Å². The summed E-state index contributed by atoms with van der Waals surface area (Å²) < 4.78 is 16.5. The Bertz CT molecular complexity index is 1230. The van der Waals surface area contributed by atoms with Crippen LogP contribution in [0.2, 0.25) is 0 Å². The van der Waals surface area contributed by atoms with Crippen molar-refractivity contribution < 1.29 is 28.7 Å². The Balaban J connectivity index is 2.01. The van der Waals surface area contributed by atoms with Gasteiger partial charge < -0.3 is 19.1 Å². The average Bonchev–Trinajstić information content (AvgIpc) is 3.29. The second-order valence-corrected chi connectivity index (χ2v) is 7.36. The van der Waals surface area contributed by atoms with Crippen LogP contribution in [-0.2, 0) is 14.2 Å². The van der Waals surface area contributed by atoms with E-state index in [2.05, 4.69) is 5.10 Å². The monoisotopic (exact) mass is 466 g/mol. The van der Waals surface area contributed by atoms with Gasteiger partial charge in [0, 0.05) is 24.8 Å². The van der Waals surface area contributed by atoms with E-state index < -0.39 is 16.9 Å². The van der Waals surface area contributed by atoms with E-state index in [1.807, 2.05) is 4.90 Å². The number of rotatable bonds is 6. The minimum Gasteiger partial charge on any atom is -0.465 e. The predicted molar refractivity (Wildman–Crippen MR) is 121 cm³/mol. The number of ether oxygens (including phenoxy) is 3. The van der Waals surface area contributed by atoms with E-state index in [1.165, 1.54) is 17.9 Å². The number of nitro groups is 1. The average molecular weight is 466 g/mol. The molecule has 1 saturated heterocycles. The Labute approximate surface area is 194 Å². The molecule has 176 valence electrons. The van der Waals surface area contributed by atoms with Gasteiger partial charge in [0.25, 0.3) is 5.69 Å². The number of hydrogen-bond acceptors (Lipinski definition) is 9. The van der Waals surface area contributed by atoms with Crippen molar-refractivity contribution in [2.75, 3.05) is 45.4 Å². The van der Waals surface area contributed by atoms with Crippen LogP contribution in [0.15, 0.2) is 48.5 Å². The number of hydrogen-bond donors (Lipinski definition) is 0. The fourth-order valence-corrected chi connectivity index (χ4v) is 3.83. The van der Waals surface area contributed by atoms with Gasteiger partial charge in [0.05, 0.1) is 43.6 Å². The highest BCUT2D eigenvalue weighted by molar-refractivity contribution is 6.07. The van der Waals surface area contributed by atoms with Crippen molar-refractivity contribution >= 4 is 23.3 Å². The number of nitro benzene ring substituents is 1. The number of carbonyl (C=O) groups is 2. The fourth-order valence-electron chi connectivity index (χ4n) is 3.83. The van der Waals surface area contributed by atoms with Gasteiger partial charge in [-0.3, -0.25) is 10.1 Å². The largest absolute Gasteiger partial charge is 0.465 e. The molecule has 0 radical (unpaired) electrons. The van der Waals surface area contributed by atoms with Crippen molar-refractivity contribution in [1.82, 2.24) is 9.78 Å². The van der Waals surface area contributed by atoms with E-state index in [0.29, 0.717) is 37.7 Å². The Morgan fingerprint density at radius 3 is 2.29 bits per heavy atom. The minimum atomic E-state index is -0.872. The second-order valence-electron chi connectivity index (χ2n) is 7.36. The number of anilines is 1. The van der Waals surface area contributed by atoms with Crippen LogP contribution < -0.4 is 4.90 Å². The molecular formula is C23H22N4O7. The number of esters is 2. The zero-order valence-corrected chi connectivity index (χ0v) is 18.6. The molecular weight excluding hydrogens is 444 g/mol. The first-order valence-corrected chi connectivity index (χ1v) is 10.4. The predicted octanol–water partition coefficient (Wildman–Crippen LogP) is 2.86. The van der Waals surface area contributed by atoms with Crippen molar-refractivity contribution in [3.63, 3.8) is 0 Å². The van der Waals surface area contributed by atoms with E-state index in [0.717, 1.165) is 7.11 Å². The molecule has 11 heteroatoms. The summed E-state index contributed by atoms with van der Waals surface area (Å²) >= 11 is 0. The molecule has 11 nitrogen and oxygen atoms in total. The number of aromatic nitrogens is 2. The van der Waals surface area contributed by atoms with Crippen molar-refractivity contribution in [3.8, 4) is 16.9 Å². The molecule has 2 aromatic carbocycles. The number of methoxy groups -OCH3 is 2. The zero-order valence-electron chi connectivity index (χ0n) is 18.6. The van der Waals surface area contributed by atoms with Crippen LogP contribution in [0.3, 0.4) is 0 Å². The van der Waals surface area contributed by atoms with Crippen molar-refractivity contribution in [2.45, 2.75) is 0 Å². The van der Waals surface area contributed by atoms with Gasteiger partial charge in [-0.15, -0.1) is 0 Å². The van der Waals surface area contributed by atoms with Crippen LogP contribution in [0.1, 0.15) is 20.8 Å². The Hall–Kier alpha value is -4.25. The highest BCUT2D eigenvalue weighted by Gasteiger charge is 2.34. The molecule has 4 rings (SSSR count). The molecule has 34 heavy (non-hydrogen) atoms. The van der Waals surface area contributed by atoms with Gasteiger partial charge in [-0.05, 0) is 24.3 Å². The van der Waals surface area contributed by atoms with Gasteiger partial charge in [-0.25, -0.2) is 14.3 Å². The first kappa shape index (κ1) is 22.9. The smallest absolute Gasteiger partial charge is 0.357 e. The van der Waals surface area contributed by atoms with Gasteiger partial charge in [-0.2, -0.15) is 5.10 Å². The van der Waals surface area contributed by atoms with Crippen molar-refractivity contribution in [1.29, 1.82) is 0 Å². The molecule has 1 aliphatic heterocycles. The SMILES string of the molecule is COC(=O)c1c(-c2cc(N3CCOCC3)ccc2[N+](=O)[O-])nn(-c2ccccc2)c1C(=O)OC. The molecule has 2 heterocycles. The molecule has 0 unspecified atom stereocenters. The van der Waals surface area contributed by atoms with Crippen molar-refractivity contribution in [3.05, 3.63) is 69.9 Å². The Morgan fingerprint density at radius 2 is 1.68 bits per heavy atom. The fraction of sp³-hybridized carbons (Fsp3) is 0.261. The van der Waals surface area contributed by atoms with Crippen LogP contribution in [0, 0.1) is 10.1 Å². The molecule has 3 aromatic rings. The molecule has 0 aliphatic carbocycles. The highest BCUT2D eigenvalue weighted by Crippen LogP contribution is 2.37. The zero-order chi connectivity index (χ0) is 24.2. The number of morpholine rings is 1. The Kier molecular flexibility index (Phi) is 6.55. The number of carbonyl (C=O) groups excluding carboxylic acids is 2. The second kappa shape index (κ2) is 9.71. The lowest BCUT2D eigenvalue weighted by atomic mass is 10.0. The number of benzene rings is 2. The maximum Gasteiger partial charge on any atom is 0.357 e. The van der Waals surface area contributed by atoms with E-state index in [4.69, 9.17) is 14.2 Å². The summed E-state index contributed by atoms with van der Waals surface area (Å²) in [5.74, 6) is -1.71. The minimum absolute atomic E-state index is 0.0575. The third kappa shape index (κ3) is 4.20. The van der Waals surface area contributed by atoms with Gasteiger partial charge in [-0.1, -0.05) is 18.2 Å². The lowest BCUT2D eigenvalue weighted by Gasteiger charge is -2.29. The summed E-state index contributed by atoms with van der Waals surface area (Å²) in [4.78, 5) is 39.0. The van der Waals surface area contributed by atoms with Gasteiger partial charge in [0.1, 0.15) is 11.3 Å². The molecule has 1 aliphatic rings. The normalized spacial score (nSPS) is 13.4. The number of para-hydroxylation sites is 1. The van der Waals surface area contributed by atoms with E-state index in [1.54, 1.807) is 42.5 Å². The third-order valence-corrected chi connectivity index (χ3v) is 5.46. The van der Waals surface area contributed by atoms with Crippen molar-refractivity contribution in [2.24, 2.45) is 0 Å². The van der Waals surface area contributed by atoms with E-state index in [9.17, 15) is 19.7 Å². The first-order valence-electron chi connectivity index (χ1n) is 10.4. The lowest BCUT2D eigenvalue weighted by molar-refractivity contribution is -0.384. The Morgan fingerprint density at radius 1 is 1.00 bits per heavy atom. The molecule has 0 spiro atoms. The third-order valence-electron chi connectivity index (χ3n) is 5.46. The quantitative estimate of drug-likeness (QED) is 0.306. The maximum atomic E-state index is 12.9. The maximum absolute atomic E-state index is 12.9. The molecule has 1 aromatic heterocycles. The molecule has 0 amide bonds. The number of nitrogens with zero attached hydrogens (tertiary/aromatic N) is 4. The lowest BCUT2D eigenvalue weighted by Crippen LogP contribution is -2.36. The first-order chi connectivity index (χ1) is 16.5. The van der Waals surface area contributed by atoms with Gasteiger partial charge >= 0.3 is 11.9 Å². The summed E-state index contributed by atoms with van der Waals surface area (Å²) in [7, 11) is 2.33. The summed E-state index contributed by atoms with van der Waals surface area (Å²) in [5, 5.41) is 16.4. The summed E-state index contributed by atoms with van der Waals surface area (Å²) in [6, 6.07) is 13.2. The molecule has 1 fully saturated rings. The molecule has 0 atom stereocenters. The summed E-state index contributed by atoms with van der Waals surface area (Å²) in [5.41, 5.74) is 0.505. The topological polar surface area (TPSA) is 126 Å². The van der Waals surface area contributed by atoms with Gasteiger partial charge in [0.2, 0.25) is 0 Å². The molecule has 0 N–H and O–H groups in total. The molecule has 0 bridgehead atoms. The summed E-state index contributed by atoms with van der Waals surface area (Å²) in [6.07, 6.45) is 0. The summed E-state index contributed by atoms with van der Waals surface area (Å²) in [6.45, 7) is 2.25. The standard InChI is InChI=1S/C23H22N4O7/c1-32-22(28)19-20(24-26(21(19)23(29)33-2)15-6-4-3-5-7-15)17-14-16(8-9-18(17)27(30)31)25-10-12-34-13-11-25/h3-9,14H,10-13H2,1-2H3. The highest BCUT2D eigenvalue weighted by atomic mass is 16.6. The van der Waals surface area contributed by atoms with E-state index in [-0.39, 0.29) is 28.2 Å². The van der Waals surface area contributed by atoms with Crippen LogP contribution in [0.4, 0.5) is 11.4 Å².